The molecule has 0 aliphatic carbocycles. The number of rotatable bonds is 4. The molecule has 0 aromatic carbocycles. The van der Waals surface area contributed by atoms with Gasteiger partial charge >= 0.3 is 0 Å². The second-order valence-electron chi connectivity index (χ2n) is 3.09. The number of alkyl halides is 1. The van der Waals surface area contributed by atoms with Crippen LogP contribution in [-0.4, -0.2) is 23.5 Å². The van der Waals surface area contributed by atoms with E-state index in [9.17, 15) is 4.39 Å². The lowest BCUT2D eigenvalue weighted by atomic mass is 10.2. The van der Waals surface area contributed by atoms with Gasteiger partial charge in [-0.05, 0) is 20.9 Å². The number of hydrogen-bond acceptors (Lipinski definition) is 2. The lowest BCUT2D eigenvalue weighted by molar-refractivity contribution is 0.422. The Morgan fingerprint density at radius 1 is 1.46 bits per heavy atom. The Morgan fingerprint density at radius 3 is 2.69 bits per heavy atom. The van der Waals surface area contributed by atoms with E-state index in [1.807, 2.05) is 20.9 Å². The molecule has 0 aliphatic heterocycles. The van der Waals surface area contributed by atoms with Crippen LogP contribution in [-0.2, 0) is 13.1 Å². The van der Waals surface area contributed by atoms with Crippen LogP contribution in [0.5, 0.6) is 0 Å². The number of aryl methyl sites for hydroxylation is 2. The van der Waals surface area contributed by atoms with Crippen molar-refractivity contribution < 1.29 is 4.39 Å². The molecular formula is C9H16FN3. The highest BCUT2D eigenvalue weighted by Crippen LogP contribution is 2.12. The molecular weight excluding hydrogens is 169 g/mol. The first kappa shape index (κ1) is 10.2. The van der Waals surface area contributed by atoms with Crippen LogP contribution in [0.2, 0.25) is 0 Å². The Labute approximate surface area is 77.9 Å². The second-order valence-corrected chi connectivity index (χ2v) is 3.09. The molecule has 1 rings (SSSR count). The van der Waals surface area contributed by atoms with E-state index in [0.717, 1.165) is 17.9 Å². The Bertz CT molecular complexity index is 281. The number of aromatic nitrogens is 2. The smallest absolute Gasteiger partial charge is 0.109 e. The predicted octanol–water partition coefficient (Wildman–Crippen LogP) is 1.19. The first-order chi connectivity index (χ1) is 6.20. The minimum Gasteiger partial charge on any atom is -0.316 e. The van der Waals surface area contributed by atoms with E-state index in [4.69, 9.17) is 0 Å². The van der Waals surface area contributed by atoms with Crippen molar-refractivity contribution in [3.63, 3.8) is 0 Å². The molecule has 1 aromatic rings. The summed E-state index contributed by atoms with van der Waals surface area (Å²) in [4.78, 5) is 0. The topological polar surface area (TPSA) is 29.9 Å². The molecule has 0 fully saturated rings. The van der Waals surface area contributed by atoms with Gasteiger partial charge in [0.25, 0.3) is 0 Å². The zero-order valence-electron chi connectivity index (χ0n) is 8.39. The predicted molar refractivity (Wildman–Crippen MR) is 50.4 cm³/mol. The maximum Gasteiger partial charge on any atom is 0.109 e. The fourth-order valence-corrected chi connectivity index (χ4v) is 1.46. The lowest BCUT2D eigenvalue weighted by Crippen LogP contribution is -2.08. The number of nitrogens with one attached hydrogen (secondary N) is 1. The summed E-state index contributed by atoms with van der Waals surface area (Å²) in [5.41, 5.74) is 3.22. The molecule has 0 radical (unpaired) electrons. The summed E-state index contributed by atoms with van der Waals surface area (Å²) in [7, 11) is 1.89. The highest BCUT2D eigenvalue weighted by Gasteiger charge is 2.09. The average Bonchev–Trinajstić information content (AvgIpc) is 2.34. The van der Waals surface area contributed by atoms with Crippen molar-refractivity contribution in [2.45, 2.75) is 26.9 Å². The molecule has 4 heteroatoms. The molecule has 74 valence electrons. The average molecular weight is 185 g/mol. The van der Waals surface area contributed by atoms with Gasteiger partial charge in [-0.15, -0.1) is 0 Å². The number of hydrogen-bond donors (Lipinski definition) is 1. The van der Waals surface area contributed by atoms with Crippen LogP contribution in [0.25, 0.3) is 0 Å². The summed E-state index contributed by atoms with van der Waals surface area (Å²) in [6.07, 6.45) is 0. The minimum atomic E-state index is -0.360. The third-order valence-corrected chi connectivity index (χ3v) is 2.18. The highest BCUT2D eigenvalue weighted by molar-refractivity contribution is 5.24. The van der Waals surface area contributed by atoms with E-state index in [1.54, 1.807) is 4.68 Å². The molecule has 0 aliphatic rings. The van der Waals surface area contributed by atoms with E-state index >= 15 is 0 Å². The van der Waals surface area contributed by atoms with E-state index in [2.05, 4.69) is 10.4 Å². The first-order valence-electron chi connectivity index (χ1n) is 4.44. The van der Waals surface area contributed by atoms with Crippen molar-refractivity contribution in [2.24, 2.45) is 0 Å². The van der Waals surface area contributed by atoms with E-state index in [-0.39, 0.29) is 6.67 Å². The number of halogens is 1. The Balaban J connectivity index is 2.92. The maximum absolute atomic E-state index is 12.1. The largest absolute Gasteiger partial charge is 0.316 e. The van der Waals surface area contributed by atoms with Crippen LogP contribution in [0.4, 0.5) is 4.39 Å². The zero-order chi connectivity index (χ0) is 9.84. The molecule has 0 unspecified atom stereocenters. The van der Waals surface area contributed by atoms with Gasteiger partial charge in [-0.1, -0.05) is 0 Å². The number of nitrogens with zero attached hydrogens (tertiary/aromatic N) is 2. The van der Waals surface area contributed by atoms with Crippen LogP contribution in [0, 0.1) is 13.8 Å². The standard InChI is InChI=1S/C9H16FN3/c1-7-9(6-11-3)8(2)13(12-7)5-4-10/h11H,4-6H2,1-3H3. The van der Waals surface area contributed by atoms with Crippen LogP contribution in [0.15, 0.2) is 0 Å². The second kappa shape index (κ2) is 4.37. The Kier molecular flexibility index (Phi) is 3.42. The molecule has 0 bridgehead atoms. The lowest BCUT2D eigenvalue weighted by Gasteiger charge is -2.01. The van der Waals surface area contributed by atoms with Crippen LogP contribution in [0.1, 0.15) is 17.0 Å². The van der Waals surface area contributed by atoms with Gasteiger partial charge < -0.3 is 5.32 Å². The van der Waals surface area contributed by atoms with Gasteiger partial charge in [-0.2, -0.15) is 5.10 Å². The Hall–Kier alpha value is -0.900. The molecule has 0 atom stereocenters. The molecule has 13 heavy (non-hydrogen) atoms. The highest BCUT2D eigenvalue weighted by atomic mass is 19.1. The van der Waals surface area contributed by atoms with Crippen molar-refractivity contribution in [2.75, 3.05) is 13.7 Å². The van der Waals surface area contributed by atoms with Crippen LogP contribution < -0.4 is 5.32 Å². The van der Waals surface area contributed by atoms with Crippen molar-refractivity contribution in [3.05, 3.63) is 17.0 Å². The van der Waals surface area contributed by atoms with Gasteiger partial charge in [0.2, 0.25) is 0 Å². The van der Waals surface area contributed by atoms with Gasteiger partial charge in [-0.25, -0.2) is 4.39 Å². The summed E-state index contributed by atoms with van der Waals surface area (Å²) in [6, 6.07) is 0. The molecule has 0 spiro atoms. The molecule has 1 N–H and O–H groups in total. The Morgan fingerprint density at radius 2 is 2.15 bits per heavy atom. The molecule has 3 nitrogen and oxygen atoms in total. The van der Waals surface area contributed by atoms with Crippen molar-refractivity contribution >= 4 is 0 Å². The van der Waals surface area contributed by atoms with Crippen molar-refractivity contribution in [1.82, 2.24) is 15.1 Å². The van der Waals surface area contributed by atoms with Gasteiger partial charge in [-0.3, -0.25) is 4.68 Å². The molecule has 0 amide bonds. The maximum atomic E-state index is 12.1. The summed E-state index contributed by atoms with van der Waals surface area (Å²) in [5, 5.41) is 7.33. The van der Waals surface area contributed by atoms with Gasteiger partial charge in [0, 0.05) is 17.8 Å². The SMILES string of the molecule is CNCc1c(C)nn(CCF)c1C. The van der Waals surface area contributed by atoms with Crippen molar-refractivity contribution in [3.8, 4) is 0 Å². The normalized spacial score (nSPS) is 10.8. The first-order valence-corrected chi connectivity index (χ1v) is 4.44. The summed E-state index contributed by atoms with van der Waals surface area (Å²) in [6.45, 7) is 4.72. The third-order valence-electron chi connectivity index (χ3n) is 2.18. The van der Waals surface area contributed by atoms with E-state index in [0.29, 0.717) is 6.54 Å². The third kappa shape index (κ3) is 2.06. The van der Waals surface area contributed by atoms with Gasteiger partial charge in [0.05, 0.1) is 12.2 Å². The molecule has 0 saturated carbocycles. The summed E-state index contributed by atoms with van der Waals surface area (Å²) in [5.74, 6) is 0. The molecule has 1 aromatic heterocycles. The monoisotopic (exact) mass is 185 g/mol. The summed E-state index contributed by atoms with van der Waals surface area (Å²) >= 11 is 0. The fraction of sp³-hybridized carbons (Fsp3) is 0.667. The van der Waals surface area contributed by atoms with E-state index in [1.165, 1.54) is 5.56 Å². The fourth-order valence-electron chi connectivity index (χ4n) is 1.46. The van der Waals surface area contributed by atoms with Gasteiger partial charge in [0.1, 0.15) is 6.67 Å². The summed E-state index contributed by atoms with van der Waals surface area (Å²) < 4.78 is 13.8. The minimum absolute atomic E-state index is 0.358. The van der Waals surface area contributed by atoms with Crippen LogP contribution in [0.3, 0.4) is 0 Å². The molecule has 0 saturated heterocycles. The van der Waals surface area contributed by atoms with Crippen molar-refractivity contribution in [1.29, 1.82) is 0 Å². The van der Waals surface area contributed by atoms with E-state index < -0.39 is 0 Å². The van der Waals surface area contributed by atoms with Crippen LogP contribution >= 0.6 is 0 Å². The molecule has 1 heterocycles. The van der Waals surface area contributed by atoms with Gasteiger partial charge in [0.15, 0.2) is 0 Å². The quantitative estimate of drug-likeness (QED) is 0.763. The zero-order valence-corrected chi connectivity index (χ0v) is 8.39.